The van der Waals surface area contributed by atoms with E-state index in [0.29, 0.717) is 18.8 Å². The number of benzene rings is 2. The van der Waals surface area contributed by atoms with Crippen LogP contribution in [-0.4, -0.2) is 36.5 Å². The Morgan fingerprint density at radius 3 is 2.25 bits per heavy atom. The van der Waals surface area contributed by atoms with Crippen molar-refractivity contribution in [3.05, 3.63) is 89.9 Å². The monoisotopic (exact) mass is 434 g/mol. The SMILES string of the molecule is CCN(CC)C(CNC(=O)NCc1ccc(NC(=O)c2ccco2)cc1)c1ccccc1. The van der Waals surface area contributed by atoms with Crippen LogP contribution in [0.5, 0.6) is 0 Å². The standard InChI is InChI=1S/C25H30N4O3/c1-3-29(4-2)22(20-9-6-5-7-10-20)18-27-25(31)26-17-19-12-14-21(15-13-19)28-24(30)23-11-8-16-32-23/h5-16,22H,3-4,17-18H2,1-2H3,(H,28,30)(H2,26,27,31). The number of carbonyl (C=O) groups excluding carboxylic acids is 2. The summed E-state index contributed by atoms with van der Waals surface area (Å²) in [5.41, 5.74) is 2.77. The molecule has 0 saturated carbocycles. The van der Waals surface area contributed by atoms with Crippen molar-refractivity contribution >= 4 is 17.6 Å². The minimum Gasteiger partial charge on any atom is -0.459 e. The minimum absolute atomic E-state index is 0.119. The third kappa shape index (κ3) is 6.46. The lowest BCUT2D eigenvalue weighted by Gasteiger charge is -2.30. The van der Waals surface area contributed by atoms with Gasteiger partial charge in [0.1, 0.15) is 0 Å². The molecule has 3 rings (SSSR count). The van der Waals surface area contributed by atoms with E-state index >= 15 is 0 Å². The highest BCUT2D eigenvalue weighted by Gasteiger charge is 2.18. The molecule has 7 heteroatoms. The van der Waals surface area contributed by atoms with Gasteiger partial charge in [-0.15, -0.1) is 0 Å². The Balaban J connectivity index is 1.49. The van der Waals surface area contributed by atoms with Crippen LogP contribution in [0, 0.1) is 0 Å². The molecule has 1 unspecified atom stereocenters. The highest BCUT2D eigenvalue weighted by molar-refractivity contribution is 6.02. The molecular formula is C25H30N4O3. The van der Waals surface area contributed by atoms with Crippen LogP contribution in [0.4, 0.5) is 10.5 Å². The van der Waals surface area contributed by atoms with Gasteiger partial charge in [-0.25, -0.2) is 4.79 Å². The van der Waals surface area contributed by atoms with Gasteiger partial charge in [-0.2, -0.15) is 0 Å². The number of hydrogen-bond donors (Lipinski definition) is 3. The first-order valence-corrected chi connectivity index (χ1v) is 10.8. The molecule has 3 N–H and O–H groups in total. The molecule has 168 valence electrons. The molecule has 0 fully saturated rings. The van der Waals surface area contributed by atoms with Crippen LogP contribution in [0.1, 0.15) is 41.6 Å². The summed E-state index contributed by atoms with van der Waals surface area (Å²) in [6, 6.07) is 20.7. The Hall–Kier alpha value is -3.58. The molecule has 0 aliphatic carbocycles. The maximum Gasteiger partial charge on any atom is 0.315 e. The fourth-order valence-corrected chi connectivity index (χ4v) is 3.54. The first-order chi connectivity index (χ1) is 15.6. The van der Waals surface area contributed by atoms with E-state index in [1.165, 1.54) is 11.8 Å². The Labute approximate surface area is 188 Å². The normalized spacial score (nSPS) is 11.7. The van der Waals surface area contributed by atoms with Gasteiger partial charge in [0.15, 0.2) is 5.76 Å². The molecule has 3 amide bonds. The number of nitrogens with one attached hydrogen (secondary N) is 3. The number of hydrogen-bond acceptors (Lipinski definition) is 4. The van der Waals surface area contributed by atoms with E-state index in [1.54, 1.807) is 24.3 Å². The second-order valence-corrected chi connectivity index (χ2v) is 7.34. The number of nitrogens with zero attached hydrogens (tertiary/aromatic N) is 1. The lowest BCUT2D eigenvalue weighted by atomic mass is 10.1. The molecular weight excluding hydrogens is 404 g/mol. The van der Waals surface area contributed by atoms with Gasteiger partial charge < -0.3 is 20.4 Å². The summed E-state index contributed by atoms with van der Waals surface area (Å²) in [6.07, 6.45) is 1.46. The second-order valence-electron chi connectivity index (χ2n) is 7.34. The predicted octanol–water partition coefficient (Wildman–Crippen LogP) is 4.41. The molecule has 1 atom stereocenters. The smallest absolute Gasteiger partial charge is 0.315 e. The van der Waals surface area contributed by atoms with Gasteiger partial charge in [0.05, 0.1) is 12.3 Å². The zero-order chi connectivity index (χ0) is 22.8. The Kier molecular flexibility index (Phi) is 8.45. The molecule has 0 aliphatic heterocycles. The first-order valence-electron chi connectivity index (χ1n) is 10.8. The van der Waals surface area contributed by atoms with Gasteiger partial charge in [0.25, 0.3) is 5.91 Å². The summed E-state index contributed by atoms with van der Waals surface area (Å²) < 4.78 is 5.08. The van der Waals surface area contributed by atoms with Gasteiger partial charge in [0, 0.05) is 18.8 Å². The molecule has 0 saturated heterocycles. The van der Waals surface area contributed by atoms with Crippen LogP contribution in [0.2, 0.25) is 0 Å². The van der Waals surface area contributed by atoms with E-state index in [1.807, 2.05) is 30.3 Å². The maximum absolute atomic E-state index is 12.4. The summed E-state index contributed by atoms with van der Waals surface area (Å²) >= 11 is 0. The summed E-state index contributed by atoms with van der Waals surface area (Å²) in [5, 5.41) is 8.66. The van der Waals surface area contributed by atoms with E-state index in [2.05, 4.69) is 46.8 Å². The van der Waals surface area contributed by atoms with Crippen molar-refractivity contribution in [1.82, 2.24) is 15.5 Å². The molecule has 0 radical (unpaired) electrons. The summed E-state index contributed by atoms with van der Waals surface area (Å²) in [5.74, 6) is -0.0487. The lowest BCUT2D eigenvalue weighted by molar-refractivity contribution is 0.0996. The van der Waals surface area contributed by atoms with Crippen LogP contribution in [-0.2, 0) is 6.54 Å². The quantitative estimate of drug-likeness (QED) is 0.441. The number of anilines is 1. The Morgan fingerprint density at radius 2 is 1.62 bits per heavy atom. The summed E-state index contributed by atoms with van der Waals surface area (Å²) in [7, 11) is 0. The predicted molar refractivity (Wildman–Crippen MR) is 125 cm³/mol. The first kappa shape index (κ1) is 23.1. The largest absolute Gasteiger partial charge is 0.459 e. The molecule has 1 aromatic heterocycles. The number of urea groups is 1. The van der Waals surface area contributed by atoms with E-state index < -0.39 is 0 Å². The molecule has 3 aromatic rings. The van der Waals surface area contributed by atoms with Crippen molar-refractivity contribution in [3.63, 3.8) is 0 Å². The van der Waals surface area contributed by atoms with Crippen LogP contribution in [0.25, 0.3) is 0 Å². The lowest BCUT2D eigenvalue weighted by Crippen LogP contribution is -2.42. The molecule has 32 heavy (non-hydrogen) atoms. The van der Waals surface area contributed by atoms with Crippen LogP contribution >= 0.6 is 0 Å². The van der Waals surface area contributed by atoms with Gasteiger partial charge in [-0.3, -0.25) is 9.69 Å². The van der Waals surface area contributed by atoms with Gasteiger partial charge in [-0.1, -0.05) is 56.3 Å². The number of likely N-dealkylation sites (N-methyl/N-ethyl adjacent to an activating group) is 1. The molecule has 1 heterocycles. The van der Waals surface area contributed by atoms with E-state index in [0.717, 1.165) is 18.7 Å². The number of carbonyl (C=O) groups is 2. The van der Waals surface area contributed by atoms with Crippen LogP contribution in [0.15, 0.2) is 77.4 Å². The maximum atomic E-state index is 12.4. The molecule has 0 bridgehead atoms. The van der Waals surface area contributed by atoms with Crippen molar-refractivity contribution in [1.29, 1.82) is 0 Å². The van der Waals surface area contributed by atoms with Gasteiger partial charge >= 0.3 is 6.03 Å². The fraction of sp³-hybridized carbons (Fsp3) is 0.280. The van der Waals surface area contributed by atoms with Crippen molar-refractivity contribution in [2.75, 3.05) is 25.0 Å². The Morgan fingerprint density at radius 1 is 0.906 bits per heavy atom. The van der Waals surface area contributed by atoms with E-state index in [9.17, 15) is 9.59 Å². The average molecular weight is 435 g/mol. The molecule has 7 nitrogen and oxygen atoms in total. The van der Waals surface area contributed by atoms with Crippen LogP contribution < -0.4 is 16.0 Å². The highest BCUT2D eigenvalue weighted by Crippen LogP contribution is 2.19. The van der Waals surface area contributed by atoms with Gasteiger partial charge in [0.2, 0.25) is 0 Å². The average Bonchev–Trinajstić information content (AvgIpc) is 3.37. The number of amides is 3. The van der Waals surface area contributed by atoms with Crippen molar-refractivity contribution in [3.8, 4) is 0 Å². The second kappa shape index (κ2) is 11.7. The van der Waals surface area contributed by atoms with Crippen molar-refractivity contribution < 1.29 is 14.0 Å². The molecule has 0 spiro atoms. The van der Waals surface area contributed by atoms with Gasteiger partial charge in [-0.05, 0) is 48.5 Å². The molecule has 0 aliphatic rings. The highest BCUT2D eigenvalue weighted by atomic mass is 16.3. The van der Waals surface area contributed by atoms with Crippen molar-refractivity contribution in [2.45, 2.75) is 26.4 Å². The summed E-state index contributed by atoms with van der Waals surface area (Å²) in [6.45, 7) is 6.97. The third-order valence-electron chi connectivity index (χ3n) is 5.30. The topological polar surface area (TPSA) is 86.6 Å². The fourth-order valence-electron chi connectivity index (χ4n) is 3.54. The zero-order valence-corrected chi connectivity index (χ0v) is 18.5. The minimum atomic E-state index is -0.304. The zero-order valence-electron chi connectivity index (χ0n) is 18.5. The Bertz CT molecular complexity index is 968. The molecule has 2 aromatic carbocycles. The van der Waals surface area contributed by atoms with E-state index in [-0.39, 0.29) is 23.7 Å². The van der Waals surface area contributed by atoms with Crippen LogP contribution in [0.3, 0.4) is 0 Å². The van der Waals surface area contributed by atoms with Crippen molar-refractivity contribution in [2.24, 2.45) is 0 Å². The van der Waals surface area contributed by atoms with E-state index in [4.69, 9.17) is 4.42 Å². The number of furan rings is 1. The third-order valence-corrected chi connectivity index (χ3v) is 5.30. The summed E-state index contributed by atoms with van der Waals surface area (Å²) in [4.78, 5) is 26.7. The number of rotatable bonds is 10.